The standard InChI is InChI=1S/C14H14FN5OS/c15-8-2-4-20(7-8)11-6-17-10(5-18-11)14-19-9-1-3-16-13(21)12(9)22-14/h5-6,8H,1-4,7H2,(H,16,21). The highest BCUT2D eigenvalue weighted by Gasteiger charge is 2.24. The number of hydrogen-bond acceptors (Lipinski definition) is 6. The number of carbonyl (C=O) groups is 1. The van der Waals surface area contributed by atoms with Crippen molar-refractivity contribution < 1.29 is 9.18 Å². The maximum Gasteiger partial charge on any atom is 0.263 e. The predicted octanol–water partition coefficient (Wildman–Crippen LogP) is 1.43. The largest absolute Gasteiger partial charge is 0.352 e. The van der Waals surface area contributed by atoms with Gasteiger partial charge in [0.15, 0.2) is 0 Å². The van der Waals surface area contributed by atoms with Crippen LogP contribution in [0.3, 0.4) is 0 Å². The Morgan fingerprint density at radius 3 is 2.95 bits per heavy atom. The van der Waals surface area contributed by atoms with Crippen molar-refractivity contribution in [3.63, 3.8) is 0 Å². The van der Waals surface area contributed by atoms with E-state index in [-0.39, 0.29) is 5.91 Å². The number of carbonyl (C=O) groups excluding carboxylic acids is 1. The van der Waals surface area contributed by atoms with Crippen molar-refractivity contribution in [2.24, 2.45) is 0 Å². The fraction of sp³-hybridized carbons (Fsp3) is 0.429. The summed E-state index contributed by atoms with van der Waals surface area (Å²) in [5.74, 6) is 0.614. The number of alkyl halides is 1. The van der Waals surface area contributed by atoms with E-state index in [1.807, 2.05) is 4.90 Å². The molecule has 1 unspecified atom stereocenters. The van der Waals surface area contributed by atoms with Gasteiger partial charge in [-0.25, -0.2) is 19.3 Å². The Hall–Kier alpha value is -2.09. The molecule has 6 nitrogen and oxygen atoms in total. The average molecular weight is 319 g/mol. The van der Waals surface area contributed by atoms with E-state index in [2.05, 4.69) is 20.3 Å². The Morgan fingerprint density at radius 1 is 1.36 bits per heavy atom. The number of thiazole rings is 1. The smallest absolute Gasteiger partial charge is 0.263 e. The van der Waals surface area contributed by atoms with Crippen LogP contribution in [0.5, 0.6) is 0 Å². The van der Waals surface area contributed by atoms with Crippen molar-refractivity contribution in [2.45, 2.75) is 19.0 Å². The highest BCUT2D eigenvalue weighted by Crippen LogP contribution is 2.29. The maximum absolute atomic E-state index is 13.2. The van der Waals surface area contributed by atoms with Crippen LogP contribution < -0.4 is 10.2 Å². The van der Waals surface area contributed by atoms with Crippen LogP contribution in [0, 0.1) is 0 Å². The second-order valence-electron chi connectivity index (χ2n) is 5.39. The summed E-state index contributed by atoms with van der Waals surface area (Å²) in [6, 6.07) is 0. The van der Waals surface area contributed by atoms with Gasteiger partial charge >= 0.3 is 0 Å². The highest BCUT2D eigenvalue weighted by molar-refractivity contribution is 7.17. The van der Waals surface area contributed by atoms with Gasteiger partial charge in [0.1, 0.15) is 27.6 Å². The third kappa shape index (κ3) is 2.33. The minimum absolute atomic E-state index is 0.0689. The summed E-state index contributed by atoms with van der Waals surface area (Å²) in [7, 11) is 0. The summed E-state index contributed by atoms with van der Waals surface area (Å²) < 4.78 is 13.2. The maximum atomic E-state index is 13.2. The van der Waals surface area contributed by atoms with Gasteiger partial charge in [-0.15, -0.1) is 11.3 Å². The van der Waals surface area contributed by atoms with E-state index < -0.39 is 6.17 Å². The van der Waals surface area contributed by atoms with E-state index >= 15 is 0 Å². The second-order valence-corrected chi connectivity index (χ2v) is 6.39. The first-order chi connectivity index (χ1) is 10.7. The molecule has 0 bridgehead atoms. The molecule has 0 aliphatic carbocycles. The molecule has 0 aromatic carbocycles. The van der Waals surface area contributed by atoms with E-state index in [1.54, 1.807) is 12.4 Å². The number of hydrogen-bond donors (Lipinski definition) is 1. The van der Waals surface area contributed by atoms with Crippen molar-refractivity contribution >= 4 is 23.1 Å². The molecule has 8 heteroatoms. The van der Waals surface area contributed by atoms with Crippen molar-refractivity contribution in [3.05, 3.63) is 23.0 Å². The number of halogens is 1. The molecule has 2 aliphatic rings. The van der Waals surface area contributed by atoms with Gasteiger partial charge in [0, 0.05) is 19.5 Å². The molecule has 4 heterocycles. The molecule has 0 saturated carbocycles. The topological polar surface area (TPSA) is 71.0 Å². The molecule has 114 valence electrons. The Kier molecular flexibility index (Phi) is 3.25. The summed E-state index contributed by atoms with van der Waals surface area (Å²) in [5, 5.41) is 3.51. The molecule has 2 aliphatic heterocycles. The Labute approximate surface area is 130 Å². The fourth-order valence-electron chi connectivity index (χ4n) is 2.70. The lowest BCUT2D eigenvalue weighted by molar-refractivity contribution is 0.0950. The lowest BCUT2D eigenvalue weighted by Crippen LogP contribution is -2.30. The fourth-order valence-corrected chi connectivity index (χ4v) is 3.69. The van der Waals surface area contributed by atoms with Gasteiger partial charge in [-0.2, -0.15) is 0 Å². The molecule has 4 rings (SSSR count). The number of anilines is 1. The minimum atomic E-state index is -0.786. The van der Waals surface area contributed by atoms with Crippen LogP contribution in [0.15, 0.2) is 12.4 Å². The van der Waals surface area contributed by atoms with Crippen LogP contribution in [-0.4, -0.2) is 46.7 Å². The Balaban J connectivity index is 1.60. The van der Waals surface area contributed by atoms with Crippen molar-refractivity contribution in [2.75, 3.05) is 24.5 Å². The Morgan fingerprint density at radius 2 is 2.27 bits per heavy atom. The number of rotatable bonds is 2. The number of aromatic nitrogens is 3. The molecule has 1 saturated heterocycles. The minimum Gasteiger partial charge on any atom is -0.352 e. The van der Waals surface area contributed by atoms with Gasteiger partial charge < -0.3 is 10.2 Å². The zero-order chi connectivity index (χ0) is 15.1. The molecule has 0 radical (unpaired) electrons. The SMILES string of the molecule is O=C1NCCc2nc(-c3cnc(N4CCC(F)C4)cn3)sc21. The van der Waals surface area contributed by atoms with Gasteiger partial charge in [-0.1, -0.05) is 0 Å². The summed E-state index contributed by atoms with van der Waals surface area (Å²) in [6.07, 6.45) is 3.79. The molecule has 1 amide bonds. The molecule has 1 atom stereocenters. The third-order valence-corrected chi connectivity index (χ3v) is 4.98. The molecule has 2 aromatic rings. The molecular weight excluding hydrogens is 305 g/mol. The van der Waals surface area contributed by atoms with Crippen LogP contribution in [-0.2, 0) is 6.42 Å². The van der Waals surface area contributed by atoms with E-state index in [0.717, 1.165) is 12.1 Å². The third-order valence-electron chi connectivity index (χ3n) is 3.86. The molecule has 1 fully saturated rings. The number of nitrogens with one attached hydrogen (secondary N) is 1. The van der Waals surface area contributed by atoms with Crippen molar-refractivity contribution in [1.29, 1.82) is 0 Å². The predicted molar refractivity (Wildman–Crippen MR) is 80.9 cm³/mol. The lowest BCUT2D eigenvalue weighted by atomic mass is 10.2. The summed E-state index contributed by atoms with van der Waals surface area (Å²) in [4.78, 5) is 27.5. The van der Waals surface area contributed by atoms with Gasteiger partial charge in [-0.3, -0.25) is 4.79 Å². The summed E-state index contributed by atoms with van der Waals surface area (Å²) >= 11 is 1.34. The number of fused-ring (bicyclic) bond motifs is 1. The van der Waals surface area contributed by atoms with Gasteiger partial charge in [0.25, 0.3) is 5.91 Å². The first-order valence-electron chi connectivity index (χ1n) is 7.20. The first-order valence-corrected chi connectivity index (χ1v) is 8.01. The Bertz CT molecular complexity index is 717. The summed E-state index contributed by atoms with van der Waals surface area (Å²) in [6.45, 7) is 1.67. The van der Waals surface area contributed by atoms with Gasteiger partial charge in [-0.05, 0) is 6.42 Å². The number of nitrogens with zero attached hydrogens (tertiary/aromatic N) is 4. The second kappa shape index (κ2) is 5.28. The van der Waals surface area contributed by atoms with E-state index in [0.29, 0.717) is 47.5 Å². The quantitative estimate of drug-likeness (QED) is 0.907. The zero-order valence-electron chi connectivity index (χ0n) is 11.8. The molecule has 22 heavy (non-hydrogen) atoms. The summed E-state index contributed by atoms with van der Waals surface area (Å²) in [5.41, 5.74) is 1.47. The normalized spacial score (nSPS) is 20.9. The van der Waals surface area contributed by atoms with E-state index in [1.165, 1.54) is 11.3 Å². The molecule has 1 N–H and O–H groups in total. The molecule has 0 spiro atoms. The van der Waals surface area contributed by atoms with Crippen LogP contribution in [0.25, 0.3) is 10.7 Å². The van der Waals surface area contributed by atoms with Crippen LogP contribution in [0.4, 0.5) is 10.2 Å². The van der Waals surface area contributed by atoms with Gasteiger partial charge in [0.05, 0.1) is 24.6 Å². The van der Waals surface area contributed by atoms with Crippen molar-refractivity contribution in [3.8, 4) is 10.7 Å². The van der Waals surface area contributed by atoms with Crippen LogP contribution in [0.1, 0.15) is 21.8 Å². The molecular formula is C14H14FN5OS. The van der Waals surface area contributed by atoms with E-state index in [4.69, 9.17) is 0 Å². The van der Waals surface area contributed by atoms with E-state index in [9.17, 15) is 9.18 Å². The van der Waals surface area contributed by atoms with Crippen LogP contribution in [0.2, 0.25) is 0 Å². The van der Waals surface area contributed by atoms with Gasteiger partial charge in [0.2, 0.25) is 0 Å². The molecule has 2 aromatic heterocycles. The highest BCUT2D eigenvalue weighted by atomic mass is 32.1. The zero-order valence-corrected chi connectivity index (χ0v) is 12.6. The van der Waals surface area contributed by atoms with Crippen LogP contribution >= 0.6 is 11.3 Å². The lowest BCUT2D eigenvalue weighted by Gasteiger charge is -2.15. The monoisotopic (exact) mass is 319 g/mol. The van der Waals surface area contributed by atoms with Crippen molar-refractivity contribution in [1.82, 2.24) is 20.3 Å². The average Bonchev–Trinajstić information content (AvgIpc) is 3.15. The number of amides is 1. The first kappa shape index (κ1) is 13.6.